The van der Waals surface area contributed by atoms with Crippen LogP contribution in [0.15, 0.2) is 22.9 Å². The van der Waals surface area contributed by atoms with Crippen molar-refractivity contribution in [1.29, 1.82) is 0 Å². The number of thioether (sulfide) groups is 1. The molecule has 2 aromatic rings. The maximum Gasteiger partial charge on any atom is 0.305 e. The number of methoxy groups -OCH3 is 3. The number of nitrogens with zero attached hydrogens (tertiary/aromatic N) is 3. The maximum atomic E-state index is 12.7. The Hall–Kier alpha value is -3.28. The Morgan fingerprint density at radius 2 is 1.81 bits per heavy atom. The van der Waals surface area contributed by atoms with Crippen molar-refractivity contribution in [2.45, 2.75) is 20.3 Å². The molecule has 0 radical (unpaired) electrons. The molecule has 0 bridgehead atoms. The Morgan fingerprint density at radius 3 is 2.34 bits per heavy atom. The predicted octanol–water partition coefficient (Wildman–Crippen LogP) is 1.18. The van der Waals surface area contributed by atoms with E-state index in [0.29, 0.717) is 28.6 Å². The molecule has 0 aliphatic heterocycles. The highest BCUT2D eigenvalue weighted by molar-refractivity contribution is 8.13. The Kier molecular flexibility index (Phi) is 8.88. The zero-order valence-corrected chi connectivity index (χ0v) is 19.6. The fourth-order valence-corrected chi connectivity index (χ4v) is 3.27. The first-order valence-electron chi connectivity index (χ1n) is 9.58. The molecule has 2 rings (SSSR count). The summed E-state index contributed by atoms with van der Waals surface area (Å²) in [5.74, 6) is 0.686. The summed E-state index contributed by atoms with van der Waals surface area (Å²) >= 11 is 1.07. The molecule has 1 atom stereocenters. The van der Waals surface area contributed by atoms with E-state index in [1.165, 1.54) is 51.3 Å². The van der Waals surface area contributed by atoms with E-state index in [1.54, 1.807) is 19.1 Å². The number of amides is 2. The van der Waals surface area contributed by atoms with Crippen LogP contribution < -0.4 is 29.3 Å². The smallest absolute Gasteiger partial charge is 0.305 e. The third-order valence-electron chi connectivity index (χ3n) is 4.43. The number of likely N-dealkylation sites (N-methyl/N-ethyl adjacent to an activating group) is 1. The van der Waals surface area contributed by atoms with Gasteiger partial charge in [-0.15, -0.1) is 0 Å². The Bertz CT molecular complexity index is 954. The van der Waals surface area contributed by atoms with Crippen molar-refractivity contribution in [2.75, 3.05) is 44.5 Å². The van der Waals surface area contributed by atoms with Gasteiger partial charge in [0.05, 0.1) is 39.6 Å². The molecule has 11 nitrogen and oxygen atoms in total. The molecule has 0 saturated carbocycles. The van der Waals surface area contributed by atoms with Gasteiger partial charge < -0.3 is 14.2 Å². The lowest BCUT2D eigenvalue weighted by molar-refractivity contribution is -0.746. The van der Waals surface area contributed by atoms with Crippen molar-refractivity contribution in [3.8, 4) is 17.2 Å². The quantitative estimate of drug-likeness (QED) is 0.513. The number of aromatic nitrogens is 2. The zero-order chi connectivity index (χ0) is 23.8. The van der Waals surface area contributed by atoms with Crippen LogP contribution in [0, 0.1) is 5.92 Å². The molecule has 174 valence electrons. The molecule has 1 aromatic carbocycles. The molecule has 0 spiro atoms. The van der Waals surface area contributed by atoms with Crippen LogP contribution in [0.5, 0.6) is 17.2 Å². The van der Waals surface area contributed by atoms with Crippen LogP contribution in [0.2, 0.25) is 0 Å². The minimum Gasteiger partial charge on any atom is -0.493 e. The average Bonchev–Trinajstić information content (AvgIpc) is 3.24. The lowest BCUT2D eigenvalue weighted by Crippen LogP contribution is -2.59. The number of anilines is 1. The van der Waals surface area contributed by atoms with Crippen LogP contribution in [0.25, 0.3) is 0 Å². The largest absolute Gasteiger partial charge is 0.493 e. The van der Waals surface area contributed by atoms with E-state index >= 15 is 0 Å². The third-order valence-corrected chi connectivity index (χ3v) is 5.51. The first kappa shape index (κ1) is 25.0. The summed E-state index contributed by atoms with van der Waals surface area (Å²) in [5, 5.41) is 7.51. The van der Waals surface area contributed by atoms with E-state index in [0.717, 1.165) is 11.8 Å². The Balaban J connectivity index is 2.06. The van der Waals surface area contributed by atoms with Gasteiger partial charge in [0.25, 0.3) is 12.1 Å². The molecule has 0 aliphatic rings. The van der Waals surface area contributed by atoms with Crippen LogP contribution in [0.3, 0.4) is 0 Å². The third kappa shape index (κ3) is 6.36. The number of benzene rings is 1. The Labute approximate surface area is 189 Å². The maximum absolute atomic E-state index is 12.7. The second-order valence-corrected chi connectivity index (χ2v) is 8.00. The normalized spacial score (nSPS) is 11.4. The van der Waals surface area contributed by atoms with Gasteiger partial charge in [-0.2, -0.15) is 0 Å². The molecule has 2 amide bonds. The number of nitrogens with one attached hydrogen (secondary N) is 1. The van der Waals surface area contributed by atoms with Crippen LogP contribution in [-0.2, 0) is 20.8 Å². The van der Waals surface area contributed by atoms with E-state index < -0.39 is 5.92 Å². The lowest BCUT2D eigenvalue weighted by atomic mass is 10.1. The number of ether oxygens (including phenoxy) is 3. The van der Waals surface area contributed by atoms with Crippen LogP contribution in [0.1, 0.15) is 19.4 Å². The van der Waals surface area contributed by atoms with Crippen molar-refractivity contribution < 1.29 is 37.9 Å². The molecule has 0 unspecified atom stereocenters. The Morgan fingerprint density at radius 1 is 1.19 bits per heavy atom. The number of carbonyl (C=O) groups is 3. The fourth-order valence-electron chi connectivity index (χ4n) is 2.64. The van der Waals surface area contributed by atoms with Gasteiger partial charge in [0.15, 0.2) is 16.6 Å². The van der Waals surface area contributed by atoms with E-state index in [1.807, 2.05) is 0 Å². The van der Waals surface area contributed by atoms with Crippen molar-refractivity contribution in [3.63, 3.8) is 0 Å². The number of carbonyl (C=O) groups excluding carboxylic acids is 3. The first-order valence-corrected chi connectivity index (χ1v) is 10.6. The van der Waals surface area contributed by atoms with Gasteiger partial charge in [-0.05, 0) is 17.7 Å². The standard InChI is InChI=1S/C20H26N4O7S/c1-12(11-32-13(2)25)20(27)21-17-10-24(22-31-17)23(3)18(26)9-14-7-15(28-4)19(30-6)16(8-14)29-5/h7-8,10,12H,9,11H2,1-6H3/p+1/t12-/m1/s1. The number of hydrogen-bond donors (Lipinski definition) is 1. The minimum absolute atomic E-state index is 0.0219. The summed E-state index contributed by atoms with van der Waals surface area (Å²) < 4.78 is 21.0. The molecular weight excluding hydrogens is 440 g/mol. The molecule has 0 saturated heterocycles. The van der Waals surface area contributed by atoms with E-state index in [9.17, 15) is 14.4 Å². The first-order chi connectivity index (χ1) is 15.2. The SMILES string of the molecule is COc1cc(CC(=O)N(C)[n+]2cc(NC(=O)[C@H](C)CSC(C)=O)on2)cc(OC)c1OC. The van der Waals surface area contributed by atoms with E-state index in [4.69, 9.17) is 18.7 Å². The summed E-state index contributed by atoms with van der Waals surface area (Å²) in [4.78, 5) is 37.2. The highest BCUT2D eigenvalue weighted by Crippen LogP contribution is 2.38. The number of hydrogen-bond acceptors (Lipinski definition) is 9. The molecule has 0 aliphatic carbocycles. The topological polar surface area (TPSA) is 124 Å². The van der Waals surface area contributed by atoms with Crippen molar-refractivity contribution >= 4 is 34.6 Å². The molecule has 32 heavy (non-hydrogen) atoms. The minimum atomic E-state index is -0.415. The van der Waals surface area contributed by atoms with Gasteiger partial charge in [-0.3, -0.25) is 24.2 Å². The summed E-state index contributed by atoms with van der Waals surface area (Å²) in [5.41, 5.74) is 0.644. The second kappa shape index (κ2) is 11.4. The highest BCUT2D eigenvalue weighted by atomic mass is 32.2. The summed E-state index contributed by atoms with van der Waals surface area (Å²) in [6.07, 6.45) is 1.39. The summed E-state index contributed by atoms with van der Waals surface area (Å²) in [6.45, 7) is 3.14. The predicted molar refractivity (Wildman–Crippen MR) is 117 cm³/mol. The lowest BCUT2D eigenvalue weighted by Gasteiger charge is -2.14. The van der Waals surface area contributed by atoms with E-state index in [-0.39, 0.29) is 29.2 Å². The van der Waals surface area contributed by atoms with Gasteiger partial charge in [0, 0.05) is 18.6 Å². The second-order valence-electron chi connectivity index (χ2n) is 6.81. The highest BCUT2D eigenvalue weighted by Gasteiger charge is 2.26. The van der Waals surface area contributed by atoms with Gasteiger partial charge in [-0.1, -0.05) is 23.7 Å². The van der Waals surface area contributed by atoms with Gasteiger partial charge >= 0.3 is 5.88 Å². The fraction of sp³-hybridized carbons (Fsp3) is 0.450. The number of rotatable bonds is 10. The van der Waals surface area contributed by atoms with Crippen molar-refractivity contribution in [3.05, 3.63) is 23.9 Å². The van der Waals surface area contributed by atoms with Gasteiger partial charge in [0.1, 0.15) is 0 Å². The van der Waals surface area contributed by atoms with Crippen LogP contribution >= 0.6 is 11.8 Å². The molecule has 1 N–H and O–H groups in total. The zero-order valence-electron chi connectivity index (χ0n) is 18.8. The summed E-state index contributed by atoms with van der Waals surface area (Å²) in [7, 11) is 6.01. The molecule has 1 heterocycles. The van der Waals surface area contributed by atoms with Crippen LogP contribution in [0.4, 0.5) is 5.88 Å². The molecular formula is C20H27N4O7S+. The van der Waals surface area contributed by atoms with Gasteiger partial charge in [0.2, 0.25) is 16.9 Å². The van der Waals surface area contributed by atoms with Crippen LogP contribution in [-0.4, -0.2) is 56.3 Å². The molecule has 0 fully saturated rings. The van der Waals surface area contributed by atoms with Crippen molar-refractivity contribution in [2.24, 2.45) is 5.92 Å². The summed E-state index contributed by atoms with van der Waals surface area (Å²) in [6, 6.07) is 3.37. The van der Waals surface area contributed by atoms with Crippen molar-refractivity contribution in [1.82, 2.24) is 5.27 Å². The monoisotopic (exact) mass is 467 g/mol. The average molecular weight is 468 g/mol. The molecule has 12 heteroatoms. The van der Waals surface area contributed by atoms with E-state index in [2.05, 4.69) is 10.6 Å². The van der Waals surface area contributed by atoms with Gasteiger partial charge in [-0.25, -0.2) is 0 Å². The molecule has 1 aromatic heterocycles.